The van der Waals surface area contributed by atoms with Gasteiger partial charge >= 0.3 is 0 Å². The van der Waals surface area contributed by atoms with Gasteiger partial charge in [0, 0.05) is 11.1 Å². The number of rotatable bonds is 10. The molecule has 0 atom stereocenters. The van der Waals surface area contributed by atoms with Crippen LogP contribution in [0.5, 0.6) is 0 Å². The molecule has 0 radical (unpaired) electrons. The van der Waals surface area contributed by atoms with Crippen molar-refractivity contribution in [2.75, 3.05) is 5.73 Å². The molecule has 2 aromatic carbocycles. The van der Waals surface area contributed by atoms with E-state index in [-0.39, 0.29) is 0 Å². The van der Waals surface area contributed by atoms with Crippen LogP contribution in [0.25, 0.3) is 10.8 Å². The van der Waals surface area contributed by atoms with Gasteiger partial charge in [-0.2, -0.15) is 0 Å². The summed E-state index contributed by atoms with van der Waals surface area (Å²) >= 11 is 0. The molecule has 120 valence electrons. The number of nitrogen functional groups attached to an aromatic ring is 1. The fourth-order valence-corrected chi connectivity index (χ4v) is 3.18. The maximum absolute atomic E-state index is 6.33. The van der Waals surface area contributed by atoms with Gasteiger partial charge in [0.15, 0.2) is 0 Å². The Kier molecular flexibility index (Phi) is 7.28. The Hall–Kier alpha value is -1.50. The highest BCUT2D eigenvalue weighted by Gasteiger charge is 2.03. The lowest BCUT2D eigenvalue weighted by Crippen LogP contribution is -1.96. The van der Waals surface area contributed by atoms with Crippen molar-refractivity contribution in [2.45, 2.75) is 71.1 Å². The van der Waals surface area contributed by atoms with E-state index in [1.165, 1.54) is 74.1 Å². The van der Waals surface area contributed by atoms with Crippen molar-refractivity contribution in [1.82, 2.24) is 0 Å². The normalized spacial score (nSPS) is 11.1. The summed E-state index contributed by atoms with van der Waals surface area (Å²) in [5, 5.41) is 2.45. The molecule has 0 amide bonds. The van der Waals surface area contributed by atoms with Gasteiger partial charge in [-0.25, -0.2) is 0 Å². The van der Waals surface area contributed by atoms with Crippen LogP contribution in [0.15, 0.2) is 36.4 Å². The van der Waals surface area contributed by atoms with Crippen LogP contribution in [0, 0.1) is 0 Å². The minimum absolute atomic E-state index is 0.984. The summed E-state index contributed by atoms with van der Waals surface area (Å²) in [6, 6.07) is 12.8. The molecule has 0 heterocycles. The van der Waals surface area contributed by atoms with Gasteiger partial charge < -0.3 is 5.73 Å². The second-order valence-corrected chi connectivity index (χ2v) is 6.44. The third kappa shape index (κ3) is 5.05. The minimum Gasteiger partial charge on any atom is -0.398 e. The van der Waals surface area contributed by atoms with Crippen molar-refractivity contribution in [3.63, 3.8) is 0 Å². The fraction of sp³-hybridized carbons (Fsp3) is 0.524. The second-order valence-electron chi connectivity index (χ2n) is 6.44. The van der Waals surface area contributed by atoms with Crippen LogP contribution in [0.4, 0.5) is 5.69 Å². The number of hydrogen-bond acceptors (Lipinski definition) is 1. The van der Waals surface area contributed by atoms with Crippen molar-refractivity contribution in [2.24, 2.45) is 0 Å². The minimum atomic E-state index is 0.984. The Morgan fingerprint density at radius 3 is 2.09 bits per heavy atom. The quantitative estimate of drug-likeness (QED) is 0.393. The first-order valence-corrected chi connectivity index (χ1v) is 9.09. The number of anilines is 1. The van der Waals surface area contributed by atoms with Gasteiger partial charge in [0.05, 0.1) is 0 Å². The maximum Gasteiger partial charge on any atom is 0.0426 e. The summed E-state index contributed by atoms with van der Waals surface area (Å²) in [5.41, 5.74) is 8.63. The van der Waals surface area contributed by atoms with Crippen LogP contribution in [0.1, 0.15) is 70.3 Å². The number of unbranched alkanes of at least 4 members (excludes halogenated alkanes) is 8. The lowest BCUT2D eigenvalue weighted by atomic mass is 9.99. The van der Waals surface area contributed by atoms with Crippen molar-refractivity contribution < 1.29 is 0 Å². The molecule has 0 saturated heterocycles. The van der Waals surface area contributed by atoms with Crippen LogP contribution in [0.3, 0.4) is 0 Å². The number of hydrogen-bond donors (Lipinski definition) is 1. The smallest absolute Gasteiger partial charge is 0.0426 e. The van der Waals surface area contributed by atoms with Crippen molar-refractivity contribution in [1.29, 1.82) is 0 Å². The van der Waals surface area contributed by atoms with Crippen LogP contribution in [-0.4, -0.2) is 0 Å². The average molecular weight is 297 g/mol. The van der Waals surface area contributed by atoms with Gasteiger partial charge in [0.25, 0.3) is 0 Å². The first-order valence-electron chi connectivity index (χ1n) is 9.09. The first kappa shape index (κ1) is 16.9. The molecule has 0 aliphatic carbocycles. The van der Waals surface area contributed by atoms with E-state index in [0.29, 0.717) is 0 Å². The molecule has 1 heteroatoms. The first-order chi connectivity index (χ1) is 10.8. The zero-order valence-electron chi connectivity index (χ0n) is 14.1. The maximum atomic E-state index is 6.33. The Morgan fingerprint density at radius 2 is 1.36 bits per heavy atom. The van der Waals surface area contributed by atoms with E-state index >= 15 is 0 Å². The van der Waals surface area contributed by atoms with Crippen LogP contribution in [0.2, 0.25) is 0 Å². The molecule has 0 unspecified atom stereocenters. The van der Waals surface area contributed by atoms with Gasteiger partial charge in [-0.3, -0.25) is 0 Å². The summed E-state index contributed by atoms with van der Waals surface area (Å²) in [4.78, 5) is 0. The molecule has 0 bridgehead atoms. The lowest BCUT2D eigenvalue weighted by Gasteiger charge is -2.09. The average Bonchev–Trinajstić information content (AvgIpc) is 2.55. The molecule has 2 N–H and O–H groups in total. The Bertz CT molecular complexity index is 559. The summed E-state index contributed by atoms with van der Waals surface area (Å²) < 4.78 is 0. The second kappa shape index (κ2) is 9.50. The molecule has 22 heavy (non-hydrogen) atoms. The topological polar surface area (TPSA) is 26.0 Å². The molecule has 0 aliphatic rings. The van der Waals surface area contributed by atoms with Gasteiger partial charge in [0.2, 0.25) is 0 Å². The highest BCUT2D eigenvalue weighted by Crippen LogP contribution is 2.26. The van der Waals surface area contributed by atoms with Gasteiger partial charge in [0.1, 0.15) is 0 Å². The van der Waals surface area contributed by atoms with Crippen molar-refractivity contribution in [3.8, 4) is 0 Å². The van der Waals surface area contributed by atoms with Gasteiger partial charge in [-0.15, -0.1) is 0 Å². The Balaban J connectivity index is 1.68. The van der Waals surface area contributed by atoms with E-state index in [1.54, 1.807) is 0 Å². The number of nitrogens with two attached hydrogens (primary N) is 1. The molecule has 0 spiro atoms. The molecule has 0 saturated carbocycles. The van der Waals surface area contributed by atoms with Gasteiger partial charge in [-0.05, 0) is 23.8 Å². The Morgan fingerprint density at radius 1 is 0.727 bits per heavy atom. The van der Waals surface area contributed by atoms with E-state index < -0.39 is 0 Å². The summed E-state index contributed by atoms with van der Waals surface area (Å²) in [5.74, 6) is 0. The number of benzene rings is 2. The largest absolute Gasteiger partial charge is 0.398 e. The predicted molar refractivity (Wildman–Crippen MR) is 99.3 cm³/mol. The van der Waals surface area contributed by atoms with E-state index in [2.05, 4.69) is 43.3 Å². The number of aryl methyl sites for hydroxylation is 1. The summed E-state index contributed by atoms with van der Waals surface area (Å²) in [6.45, 7) is 2.28. The third-order valence-electron chi connectivity index (χ3n) is 4.61. The summed E-state index contributed by atoms with van der Waals surface area (Å²) in [7, 11) is 0. The number of fused-ring (bicyclic) bond motifs is 1. The highest BCUT2D eigenvalue weighted by molar-refractivity contribution is 5.94. The van der Waals surface area contributed by atoms with Crippen LogP contribution in [-0.2, 0) is 6.42 Å². The highest BCUT2D eigenvalue weighted by atomic mass is 14.6. The van der Waals surface area contributed by atoms with Crippen molar-refractivity contribution in [3.05, 3.63) is 42.0 Å². The summed E-state index contributed by atoms with van der Waals surface area (Å²) in [6.07, 6.45) is 13.5. The molecular formula is C21H31N. The molecule has 2 rings (SSSR count). The molecule has 2 aromatic rings. The molecular weight excluding hydrogens is 266 g/mol. The van der Waals surface area contributed by atoms with E-state index in [0.717, 1.165) is 12.1 Å². The molecule has 0 aliphatic heterocycles. The zero-order valence-corrected chi connectivity index (χ0v) is 14.1. The monoisotopic (exact) mass is 297 g/mol. The van der Waals surface area contributed by atoms with Crippen molar-refractivity contribution >= 4 is 16.5 Å². The molecule has 0 fully saturated rings. The van der Waals surface area contributed by atoms with E-state index in [1.807, 2.05) is 0 Å². The van der Waals surface area contributed by atoms with Gasteiger partial charge in [-0.1, -0.05) is 94.7 Å². The van der Waals surface area contributed by atoms with Crippen LogP contribution < -0.4 is 5.73 Å². The SMILES string of the molecule is CCCCCCCCCCCc1ccc2ccccc2c1N. The van der Waals surface area contributed by atoms with E-state index in [9.17, 15) is 0 Å². The third-order valence-corrected chi connectivity index (χ3v) is 4.61. The predicted octanol–water partition coefficient (Wildman–Crippen LogP) is 6.50. The van der Waals surface area contributed by atoms with Crippen LogP contribution >= 0.6 is 0 Å². The molecule has 0 aromatic heterocycles. The Labute approximate surface area is 135 Å². The van der Waals surface area contributed by atoms with E-state index in [4.69, 9.17) is 5.73 Å². The molecule has 1 nitrogen and oxygen atoms in total. The fourth-order valence-electron chi connectivity index (χ4n) is 3.18. The lowest BCUT2D eigenvalue weighted by molar-refractivity contribution is 0.565. The standard InChI is InChI=1S/C21H31N/c1-2-3-4-5-6-7-8-9-10-14-19-17-16-18-13-11-12-15-20(18)21(19)22/h11-13,15-17H,2-10,14,22H2,1H3. The zero-order chi connectivity index (χ0) is 15.6.